The molecule has 1 aromatic heterocycles. The van der Waals surface area contributed by atoms with Crippen molar-refractivity contribution in [3.05, 3.63) is 46.5 Å². The summed E-state index contributed by atoms with van der Waals surface area (Å²) in [6.45, 7) is 1.12. The Morgan fingerprint density at radius 3 is 2.68 bits per heavy atom. The van der Waals surface area contributed by atoms with Crippen molar-refractivity contribution >= 4 is 22.6 Å². The van der Waals surface area contributed by atoms with E-state index in [0.29, 0.717) is 23.9 Å². The number of hydrogen-bond acceptors (Lipinski definition) is 5. The molecule has 1 saturated carbocycles. The van der Waals surface area contributed by atoms with Crippen LogP contribution in [0.4, 0.5) is 0 Å². The molecule has 0 radical (unpaired) electrons. The molecule has 1 aromatic carbocycles. The molecule has 6 heteroatoms. The molecule has 0 N–H and O–H groups in total. The van der Waals surface area contributed by atoms with Crippen molar-refractivity contribution in [1.29, 1.82) is 0 Å². The number of piperidine rings is 1. The zero-order chi connectivity index (χ0) is 17.6. The Morgan fingerprint density at radius 1 is 1.24 bits per heavy atom. The lowest BCUT2D eigenvalue weighted by Crippen LogP contribution is -2.40. The average Bonchev–Trinajstić information content (AvgIpc) is 3.34. The fourth-order valence-corrected chi connectivity index (χ4v) is 3.93. The van der Waals surface area contributed by atoms with Crippen LogP contribution >= 0.6 is 0 Å². The molecule has 1 atom stereocenters. The molecule has 130 valence electrons. The number of benzene rings is 1. The van der Waals surface area contributed by atoms with E-state index in [2.05, 4.69) is 0 Å². The highest BCUT2D eigenvalue weighted by atomic mass is 16.5. The van der Waals surface area contributed by atoms with E-state index < -0.39 is 5.63 Å². The first-order valence-electron chi connectivity index (χ1n) is 8.44. The minimum Gasteiger partial charge on any atom is -0.469 e. The predicted molar refractivity (Wildman–Crippen MR) is 90.2 cm³/mol. The highest BCUT2D eigenvalue weighted by Gasteiger charge is 2.59. The summed E-state index contributed by atoms with van der Waals surface area (Å²) in [4.78, 5) is 38.2. The zero-order valence-corrected chi connectivity index (χ0v) is 14.0. The van der Waals surface area contributed by atoms with Crippen molar-refractivity contribution in [1.82, 2.24) is 4.90 Å². The number of amides is 1. The van der Waals surface area contributed by atoms with Crippen molar-refractivity contribution in [2.45, 2.75) is 19.3 Å². The first-order valence-corrected chi connectivity index (χ1v) is 8.44. The minimum atomic E-state index is -0.497. The van der Waals surface area contributed by atoms with Gasteiger partial charge in [0.25, 0.3) is 5.91 Å². The van der Waals surface area contributed by atoms with E-state index >= 15 is 0 Å². The Hall–Kier alpha value is -2.63. The molecule has 4 rings (SSSR count). The van der Waals surface area contributed by atoms with Gasteiger partial charge in [-0.2, -0.15) is 0 Å². The molecule has 2 aliphatic rings. The van der Waals surface area contributed by atoms with Crippen LogP contribution in [0.1, 0.15) is 29.8 Å². The molecule has 6 nitrogen and oxygen atoms in total. The lowest BCUT2D eigenvalue weighted by atomic mass is 9.90. The van der Waals surface area contributed by atoms with Gasteiger partial charge in [0.1, 0.15) is 0 Å². The fraction of sp³-hybridized carbons (Fsp3) is 0.421. The highest BCUT2D eigenvalue weighted by molar-refractivity contribution is 5.95. The second-order valence-electron chi connectivity index (χ2n) is 6.92. The maximum Gasteiger partial charge on any atom is 0.344 e. The van der Waals surface area contributed by atoms with Crippen molar-refractivity contribution in [2.24, 2.45) is 11.3 Å². The molecule has 0 bridgehead atoms. The summed E-state index contributed by atoms with van der Waals surface area (Å²) in [7, 11) is 1.41. The van der Waals surface area contributed by atoms with E-state index in [0.717, 1.165) is 19.3 Å². The number of fused-ring (bicyclic) bond motifs is 1. The van der Waals surface area contributed by atoms with Gasteiger partial charge in [0.2, 0.25) is 0 Å². The molecular formula is C19H19NO5. The van der Waals surface area contributed by atoms with E-state index in [1.54, 1.807) is 29.2 Å². The van der Waals surface area contributed by atoms with Crippen LogP contribution in [0.25, 0.3) is 10.8 Å². The normalized spacial score (nSPS) is 21.3. The predicted octanol–water partition coefficient (Wildman–Crippen LogP) is 2.21. The first-order chi connectivity index (χ1) is 12.0. The van der Waals surface area contributed by atoms with Crippen molar-refractivity contribution < 1.29 is 18.7 Å². The number of likely N-dealkylation sites (tertiary alicyclic amines) is 1. The van der Waals surface area contributed by atoms with E-state index in [4.69, 9.17) is 9.15 Å². The third kappa shape index (κ3) is 2.62. The molecule has 2 heterocycles. The monoisotopic (exact) mass is 341 g/mol. The van der Waals surface area contributed by atoms with Crippen LogP contribution < -0.4 is 5.63 Å². The van der Waals surface area contributed by atoms with Gasteiger partial charge in [-0.05, 0) is 42.2 Å². The van der Waals surface area contributed by atoms with E-state index in [9.17, 15) is 14.4 Å². The first kappa shape index (κ1) is 15.9. The summed E-state index contributed by atoms with van der Waals surface area (Å²) in [5.41, 5.74) is -0.503. The largest absolute Gasteiger partial charge is 0.469 e. The molecule has 1 aliphatic carbocycles. The Bertz CT molecular complexity index is 907. The third-order valence-corrected chi connectivity index (χ3v) is 5.60. The van der Waals surface area contributed by atoms with Crippen LogP contribution in [-0.4, -0.2) is 37.0 Å². The number of rotatable bonds is 2. The van der Waals surface area contributed by atoms with Gasteiger partial charge in [0.05, 0.1) is 18.4 Å². The van der Waals surface area contributed by atoms with Crippen LogP contribution in [0.15, 0.2) is 39.5 Å². The molecule has 1 unspecified atom stereocenters. The van der Waals surface area contributed by atoms with Gasteiger partial charge in [-0.25, -0.2) is 4.79 Å². The number of carbonyl (C=O) groups is 2. The second kappa shape index (κ2) is 5.72. The van der Waals surface area contributed by atoms with Crippen LogP contribution in [0.5, 0.6) is 0 Å². The van der Waals surface area contributed by atoms with Crippen LogP contribution in [0, 0.1) is 11.3 Å². The van der Waals surface area contributed by atoms with Crippen LogP contribution in [-0.2, 0) is 9.53 Å². The lowest BCUT2D eigenvalue weighted by Gasteiger charge is -2.32. The molecule has 2 aromatic rings. The smallest absolute Gasteiger partial charge is 0.344 e. The number of esters is 1. The van der Waals surface area contributed by atoms with E-state index in [1.807, 2.05) is 6.07 Å². The van der Waals surface area contributed by atoms with Crippen LogP contribution in [0.3, 0.4) is 0 Å². The van der Waals surface area contributed by atoms with Crippen molar-refractivity contribution in [3.8, 4) is 0 Å². The van der Waals surface area contributed by atoms with Crippen molar-refractivity contribution in [3.63, 3.8) is 0 Å². The summed E-state index contributed by atoms with van der Waals surface area (Å²) < 4.78 is 10.1. The number of hydrogen-bond donors (Lipinski definition) is 0. The highest BCUT2D eigenvalue weighted by Crippen LogP contribution is 2.59. The molecule has 1 aliphatic heterocycles. The number of ether oxygens (including phenoxy) is 1. The maximum atomic E-state index is 12.7. The summed E-state index contributed by atoms with van der Waals surface area (Å²) in [5.74, 6) is -0.387. The Labute approximate surface area is 144 Å². The van der Waals surface area contributed by atoms with E-state index in [-0.39, 0.29) is 29.0 Å². The standard InChI is InChI=1S/C19H19NO5/c1-24-18(23)14-11-19(14)6-8-20(9-7-19)16(21)15-10-12-4-2-3-5-13(12)17(22)25-15/h2-5,10,14H,6-9,11H2,1H3. The zero-order valence-electron chi connectivity index (χ0n) is 14.0. The van der Waals surface area contributed by atoms with Crippen LogP contribution in [0.2, 0.25) is 0 Å². The van der Waals surface area contributed by atoms with Gasteiger partial charge in [0, 0.05) is 13.1 Å². The Balaban J connectivity index is 1.50. The molecule has 1 spiro atoms. The summed E-state index contributed by atoms with van der Waals surface area (Å²) in [6.07, 6.45) is 2.39. The molecule has 25 heavy (non-hydrogen) atoms. The molecule has 2 fully saturated rings. The summed E-state index contributed by atoms with van der Waals surface area (Å²) >= 11 is 0. The topological polar surface area (TPSA) is 76.8 Å². The van der Waals surface area contributed by atoms with Gasteiger partial charge in [-0.15, -0.1) is 0 Å². The fourth-order valence-electron chi connectivity index (χ4n) is 3.93. The molecular weight excluding hydrogens is 322 g/mol. The van der Waals surface area contributed by atoms with Gasteiger partial charge in [0.15, 0.2) is 5.76 Å². The number of nitrogens with zero attached hydrogens (tertiary/aromatic N) is 1. The third-order valence-electron chi connectivity index (χ3n) is 5.60. The SMILES string of the molecule is COC(=O)C1CC12CCN(C(=O)c1cc3ccccc3c(=O)o1)CC2. The van der Waals surface area contributed by atoms with Gasteiger partial charge < -0.3 is 14.1 Å². The maximum absolute atomic E-state index is 12.7. The van der Waals surface area contributed by atoms with Crippen molar-refractivity contribution in [2.75, 3.05) is 20.2 Å². The van der Waals surface area contributed by atoms with Gasteiger partial charge >= 0.3 is 11.6 Å². The quantitative estimate of drug-likeness (QED) is 0.783. The summed E-state index contributed by atoms with van der Waals surface area (Å²) in [6, 6.07) is 8.68. The van der Waals surface area contributed by atoms with Gasteiger partial charge in [-0.3, -0.25) is 9.59 Å². The average molecular weight is 341 g/mol. The lowest BCUT2D eigenvalue weighted by molar-refractivity contribution is -0.143. The second-order valence-corrected chi connectivity index (χ2v) is 6.92. The number of methoxy groups -OCH3 is 1. The Morgan fingerprint density at radius 2 is 1.96 bits per heavy atom. The van der Waals surface area contributed by atoms with Gasteiger partial charge in [-0.1, -0.05) is 18.2 Å². The van der Waals surface area contributed by atoms with E-state index in [1.165, 1.54) is 7.11 Å². The molecule has 1 saturated heterocycles. The molecule has 1 amide bonds. The minimum absolute atomic E-state index is 0.00586. The summed E-state index contributed by atoms with van der Waals surface area (Å²) in [5, 5.41) is 1.17. The number of carbonyl (C=O) groups excluding carboxylic acids is 2. The Kier molecular flexibility index (Phi) is 3.63.